The van der Waals surface area contributed by atoms with E-state index in [1.54, 1.807) is 0 Å². The Morgan fingerprint density at radius 3 is 1.94 bits per heavy atom. The van der Waals surface area contributed by atoms with Gasteiger partial charge in [0.2, 0.25) is 0 Å². The highest BCUT2D eigenvalue weighted by Crippen LogP contribution is 2.21. The van der Waals surface area contributed by atoms with Crippen molar-refractivity contribution >= 4 is 0 Å². The number of aryl methyl sites for hydroxylation is 2. The smallest absolute Gasteiger partial charge is 0.0962 e. The monoisotopic (exact) mass is 221 g/mol. The predicted molar refractivity (Wildman–Crippen MR) is 68.5 cm³/mol. The van der Waals surface area contributed by atoms with E-state index in [2.05, 4.69) is 39.0 Å². The quantitative estimate of drug-likeness (QED) is 0.664. The van der Waals surface area contributed by atoms with Crippen LogP contribution < -0.4 is 0 Å². The molecule has 0 aliphatic rings. The third kappa shape index (κ3) is 3.62. The second-order valence-corrected chi connectivity index (χ2v) is 4.43. The fourth-order valence-electron chi connectivity index (χ4n) is 1.98. The Labute approximate surface area is 98.9 Å². The van der Waals surface area contributed by atoms with Gasteiger partial charge >= 0.3 is 0 Å². The van der Waals surface area contributed by atoms with Gasteiger partial charge in [-0.25, -0.2) is 0 Å². The maximum Gasteiger partial charge on any atom is 0.0962 e. The first kappa shape index (κ1) is 13.2. The molecule has 0 spiro atoms. The van der Waals surface area contributed by atoms with Crippen molar-refractivity contribution in [2.75, 3.05) is 6.67 Å². The van der Waals surface area contributed by atoms with E-state index in [1.165, 1.54) is 11.1 Å². The zero-order valence-corrected chi connectivity index (χ0v) is 10.4. The van der Waals surface area contributed by atoms with E-state index in [4.69, 9.17) is 0 Å². The molecule has 0 heterocycles. The van der Waals surface area contributed by atoms with Gasteiger partial charge in [0.05, 0.1) is 6.67 Å². The molecule has 0 bridgehead atoms. The Hall–Kier alpha value is -0.850. The van der Waals surface area contributed by atoms with E-state index in [0.717, 1.165) is 31.2 Å². The highest BCUT2D eigenvalue weighted by Gasteiger charge is 2.07. The maximum absolute atomic E-state index is 12.6. The fourth-order valence-corrected chi connectivity index (χ4v) is 1.98. The van der Waals surface area contributed by atoms with Crippen molar-refractivity contribution in [3.63, 3.8) is 0 Å². The van der Waals surface area contributed by atoms with Gasteiger partial charge in [-0.1, -0.05) is 44.9 Å². The topological polar surface area (TPSA) is 0 Å². The van der Waals surface area contributed by atoms with Crippen molar-refractivity contribution in [1.82, 2.24) is 0 Å². The Morgan fingerprint density at radius 1 is 1.06 bits per heavy atom. The van der Waals surface area contributed by atoms with Crippen LogP contribution in [0.15, 0.2) is 18.2 Å². The second kappa shape index (κ2) is 6.67. The largest absolute Gasteiger partial charge is 0.250 e. The van der Waals surface area contributed by atoms with Crippen LogP contribution in [0.25, 0.3) is 0 Å². The molecule has 0 aliphatic heterocycles. The molecule has 0 saturated carbocycles. The molecule has 1 radical (unpaired) electrons. The number of hydrogen-bond acceptors (Lipinski definition) is 0. The van der Waals surface area contributed by atoms with Crippen molar-refractivity contribution in [3.05, 3.63) is 41.8 Å². The first-order valence-electron chi connectivity index (χ1n) is 6.23. The Morgan fingerprint density at radius 2 is 1.56 bits per heavy atom. The summed E-state index contributed by atoms with van der Waals surface area (Å²) in [5, 5.41) is 0. The number of hydrogen-bond donors (Lipinski definition) is 0. The van der Waals surface area contributed by atoms with Crippen molar-refractivity contribution in [3.8, 4) is 0 Å². The van der Waals surface area contributed by atoms with Crippen LogP contribution >= 0.6 is 0 Å². The van der Waals surface area contributed by atoms with E-state index in [1.807, 2.05) is 0 Å². The van der Waals surface area contributed by atoms with Crippen LogP contribution in [0.1, 0.15) is 49.3 Å². The molecule has 1 atom stereocenters. The summed E-state index contributed by atoms with van der Waals surface area (Å²) in [4.78, 5) is 0. The highest BCUT2D eigenvalue weighted by atomic mass is 19.1. The minimum atomic E-state index is -0.374. The van der Waals surface area contributed by atoms with E-state index >= 15 is 0 Å². The lowest BCUT2D eigenvalue weighted by Gasteiger charge is -2.12. The molecular formula is C15H22F. The number of rotatable bonds is 6. The van der Waals surface area contributed by atoms with Gasteiger partial charge < -0.3 is 0 Å². The maximum atomic E-state index is 12.6. The molecule has 0 aromatic heterocycles. The highest BCUT2D eigenvalue weighted by molar-refractivity contribution is 5.33. The van der Waals surface area contributed by atoms with E-state index in [0.29, 0.717) is 0 Å². The summed E-state index contributed by atoms with van der Waals surface area (Å²) >= 11 is 0. The number of benzene rings is 1. The van der Waals surface area contributed by atoms with Gasteiger partial charge in [-0.15, -0.1) is 0 Å². The van der Waals surface area contributed by atoms with Crippen LogP contribution in [0, 0.1) is 6.92 Å². The Bertz CT molecular complexity index is 293. The summed E-state index contributed by atoms with van der Waals surface area (Å²) in [5.74, 6) is -0.215. The predicted octanol–water partition coefficient (Wildman–Crippen LogP) is 4.48. The molecule has 0 N–H and O–H groups in total. The molecule has 0 fully saturated rings. The Balaban J connectivity index is 2.97. The van der Waals surface area contributed by atoms with Crippen molar-refractivity contribution in [2.45, 2.75) is 45.4 Å². The summed E-state index contributed by atoms with van der Waals surface area (Å²) in [6.07, 6.45) is 4.41. The molecule has 0 nitrogen and oxygen atoms in total. The van der Waals surface area contributed by atoms with Crippen LogP contribution in [0.4, 0.5) is 4.39 Å². The average Bonchev–Trinajstić information content (AvgIpc) is 2.28. The first-order chi connectivity index (χ1) is 7.71. The molecule has 0 saturated heterocycles. The third-order valence-electron chi connectivity index (χ3n) is 2.81. The minimum absolute atomic E-state index is 0.215. The van der Waals surface area contributed by atoms with Crippen LogP contribution in [0.3, 0.4) is 0 Å². The minimum Gasteiger partial charge on any atom is -0.250 e. The molecule has 1 heteroatoms. The molecule has 1 unspecified atom stereocenters. The summed E-state index contributed by atoms with van der Waals surface area (Å²) in [5.41, 5.74) is 3.70. The van der Waals surface area contributed by atoms with Crippen molar-refractivity contribution in [2.24, 2.45) is 0 Å². The SMILES string of the molecule is [CH2]C(CF)c1cc(CCC)cc(CCC)c1. The zero-order valence-electron chi connectivity index (χ0n) is 10.4. The molecule has 0 amide bonds. The van der Waals surface area contributed by atoms with Gasteiger partial charge in [0.15, 0.2) is 0 Å². The lowest BCUT2D eigenvalue weighted by molar-refractivity contribution is 0.465. The van der Waals surface area contributed by atoms with Gasteiger partial charge in [-0.05, 0) is 36.5 Å². The van der Waals surface area contributed by atoms with Gasteiger partial charge in [-0.3, -0.25) is 4.39 Å². The van der Waals surface area contributed by atoms with E-state index < -0.39 is 0 Å². The zero-order chi connectivity index (χ0) is 12.0. The van der Waals surface area contributed by atoms with E-state index in [-0.39, 0.29) is 12.6 Å². The molecule has 0 aliphatic carbocycles. The fraction of sp³-hybridized carbons (Fsp3) is 0.533. The molecule has 89 valence electrons. The number of alkyl halides is 1. The molecule has 16 heavy (non-hydrogen) atoms. The molecule has 1 aromatic carbocycles. The summed E-state index contributed by atoms with van der Waals surface area (Å²) in [6, 6.07) is 6.47. The first-order valence-corrected chi connectivity index (χ1v) is 6.23. The van der Waals surface area contributed by atoms with Crippen LogP contribution in [-0.4, -0.2) is 6.67 Å². The van der Waals surface area contributed by atoms with Crippen molar-refractivity contribution < 1.29 is 4.39 Å². The average molecular weight is 221 g/mol. The van der Waals surface area contributed by atoms with Crippen molar-refractivity contribution in [1.29, 1.82) is 0 Å². The third-order valence-corrected chi connectivity index (χ3v) is 2.81. The molecular weight excluding hydrogens is 199 g/mol. The number of halogens is 1. The van der Waals surface area contributed by atoms with Gasteiger partial charge in [0.1, 0.15) is 0 Å². The van der Waals surface area contributed by atoms with Gasteiger partial charge in [0, 0.05) is 5.92 Å². The van der Waals surface area contributed by atoms with Gasteiger partial charge in [-0.2, -0.15) is 0 Å². The molecule has 1 rings (SSSR count). The lowest BCUT2D eigenvalue weighted by Crippen LogP contribution is -2.00. The normalized spacial score (nSPS) is 12.8. The van der Waals surface area contributed by atoms with E-state index in [9.17, 15) is 4.39 Å². The van der Waals surface area contributed by atoms with Crippen LogP contribution in [-0.2, 0) is 12.8 Å². The Kier molecular flexibility index (Phi) is 5.51. The standard InChI is InChI=1S/C15H22F/c1-4-6-13-8-14(7-5-2)10-15(9-13)12(3)11-16/h8-10,12H,3-7,11H2,1-2H3. The van der Waals surface area contributed by atoms with Crippen LogP contribution in [0.5, 0.6) is 0 Å². The van der Waals surface area contributed by atoms with Crippen LogP contribution in [0.2, 0.25) is 0 Å². The lowest BCUT2D eigenvalue weighted by atomic mass is 9.94. The summed E-state index contributed by atoms with van der Waals surface area (Å²) in [6.45, 7) is 7.82. The summed E-state index contributed by atoms with van der Waals surface area (Å²) < 4.78 is 12.6. The van der Waals surface area contributed by atoms with Gasteiger partial charge in [0.25, 0.3) is 0 Å². The summed E-state index contributed by atoms with van der Waals surface area (Å²) in [7, 11) is 0. The molecule has 1 aromatic rings. The second-order valence-electron chi connectivity index (χ2n) is 4.43.